The van der Waals surface area contributed by atoms with Crippen molar-refractivity contribution in [3.63, 3.8) is 0 Å². The number of amides is 1. The first-order valence-electron chi connectivity index (χ1n) is 13.5. The summed E-state index contributed by atoms with van der Waals surface area (Å²) in [6.45, 7) is 0.514. The Labute approximate surface area is 247 Å². The SMILES string of the molecule is [N-]=[N+]=NC[C@@H]1C[C@H](SC(c2ccccc2)(c2ccccc2)c2ccccc2)CN1C(=O)OCc1ccc([N+](=O)[O-])cc1. The van der Waals surface area contributed by atoms with E-state index in [9.17, 15) is 14.9 Å². The monoisotopic (exact) mass is 579 g/mol. The molecule has 42 heavy (non-hydrogen) atoms. The lowest BCUT2D eigenvalue weighted by atomic mass is 9.84. The highest BCUT2D eigenvalue weighted by molar-refractivity contribution is 8.01. The van der Waals surface area contributed by atoms with E-state index in [2.05, 4.69) is 46.4 Å². The summed E-state index contributed by atoms with van der Waals surface area (Å²) in [5.74, 6) is 0. The molecule has 0 N–H and O–H groups in total. The molecule has 9 nitrogen and oxygen atoms in total. The van der Waals surface area contributed by atoms with Crippen molar-refractivity contribution in [2.24, 2.45) is 5.11 Å². The van der Waals surface area contributed by atoms with E-state index in [0.29, 0.717) is 18.5 Å². The van der Waals surface area contributed by atoms with Crippen molar-refractivity contribution in [1.82, 2.24) is 4.90 Å². The number of nitro groups is 1. The number of likely N-dealkylation sites (tertiary alicyclic amines) is 1. The minimum absolute atomic E-state index is 0.00330. The van der Waals surface area contributed by atoms with Crippen LogP contribution < -0.4 is 0 Å². The Morgan fingerprint density at radius 3 is 1.93 bits per heavy atom. The molecule has 1 saturated heterocycles. The van der Waals surface area contributed by atoms with Gasteiger partial charge in [-0.15, -0.1) is 11.8 Å². The molecule has 0 aromatic heterocycles. The zero-order valence-electron chi connectivity index (χ0n) is 22.7. The molecule has 0 saturated carbocycles. The van der Waals surface area contributed by atoms with E-state index in [-0.39, 0.29) is 30.1 Å². The fraction of sp³-hybridized carbons (Fsp3) is 0.219. The summed E-state index contributed by atoms with van der Waals surface area (Å²) in [5, 5.41) is 14.7. The molecule has 212 valence electrons. The van der Waals surface area contributed by atoms with E-state index < -0.39 is 15.8 Å². The number of carbonyl (C=O) groups excluding carboxylic acids is 1. The fourth-order valence-electron chi connectivity index (χ4n) is 5.40. The van der Waals surface area contributed by atoms with E-state index >= 15 is 0 Å². The number of azide groups is 1. The first-order valence-corrected chi connectivity index (χ1v) is 14.4. The standard InChI is InChI=1S/C32H29N5O4S/c33-35-34-21-29-20-30(22-36(29)31(38)41-23-24-16-18-28(19-17-24)37(39)40)42-32(25-10-4-1-5-11-25,26-12-6-2-7-13-26)27-14-8-3-9-15-27/h1-19,29-30H,20-23H2/t29-,30-/m0/s1. The van der Waals surface area contributed by atoms with E-state index in [4.69, 9.17) is 10.3 Å². The molecule has 0 spiro atoms. The van der Waals surface area contributed by atoms with Gasteiger partial charge in [-0.2, -0.15) is 0 Å². The molecule has 4 aromatic carbocycles. The highest BCUT2D eigenvalue weighted by Gasteiger charge is 2.44. The summed E-state index contributed by atoms with van der Waals surface area (Å²) in [7, 11) is 0. The number of ether oxygens (including phenoxy) is 1. The van der Waals surface area contributed by atoms with Gasteiger partial charge in [0, 0.05) is 41.4 Å². The van der Waals surface area contributed by atoms with Crippen molar-refractivity contribution < 1.29 is 14.5 Å². The summed E-state index contributed by atoms with van der Waals surface area (Å²) in [6, 6.07) is 36.6. The van der Waals surface area contributed by atoms with E-state index in [1.165, 1.54) is 12.1 Å². The Kier molecular flexibility index (Phi) is 9.06. The van der Waals surface area contributed by atoms with Crippen LogP contribution in [0.5, 0.6) is 0 Å². The quantitative estimate of drug-likeness (QED) is 0.0476. The third kappa shape index (κ3) is 6.25. The van der Waals surface area contributed by atoms with E-state index in [1.807, 2.05) is 54.6 Å². The predicted molar refractivity (Wildman–Crippen MR) is 163 cm³/mol. The van der Waals surface area contributed by atoms with Crippen molar-refractivity contribution in [3.05, 3.63) is 158 Å². The van der Waals surface area contributed by atoms with Gasteiger partial charge in [0.15, 0.2) is 0 Å². The summed E-state index contributed by atoms with van der Waals surface area (Å²) < 4.78 is 5.07. The molecule has 1 heterocycles. The summed E-state index contributed by atoms with van der Waals surface area (Å²) in [5.41, 5.74) is 13.0. The van der Waals surface area contributed by atoms with E-state index in [1.54, 1.807) is 28.8 Å². The Bertz CT molecular complexity index is 1450. The molecule has 1 aliphatic heterocycles. The molecule has 0 unspecified atom stereocenters. The first-order chi connectivity index (χ1) is 20.5. The molecule has 0 aliphatic carbocycles. The van der Waals surface area contributed by atoms with Crippen molar-refractivity contribution in [2.75, 3.05) is 13.1 Å². The molecule has 10 heteroatoms. The number of hydrogen-bond donors (Lipinski definition) is 0. The van der Waals surface area contributed by atoms with Gasteiger partial charge in [0.1, 0.15) is 6.61 Å². The van der Waals surface area contributed by atoms with Gasteiger partial charge in [-0.25, -0.2) is 4.79 Å². The molecule has 1 aliphatic rings. The number of benzene rings is 4. The molecule has 5 rings (SSSR count). The van der Waals surface area contributed by atoms with Crippen LogP contribution in [0.1, 0.15) is 28.7 Å². The van der Waals surface area contributed by atoms with Crippen molar-refractivity contribution in [1.29, 1.82) is 0 Å². The summed E-state index contributed by atoms with van der Waals surface area (Å²) in [6.07, 6.45) is 0.101. The van der Waals surface area contributed by atoms with Crippen LogP contribution in [0.2, 0.25) is 0 Å². The highest BCUT2D eigenvalue weighted by atomic mass is 32.2. The Morgan fingerprint density at radius 1 is 0.929 bits per heavy atom. The van der Waals surface area contributed by atoms with Gasteiger partial charge in [-0.1, -0.05) is 96.1 Å². The van der Waals surface area contributed by atoms with Gasteiger partial charge in [0.25, 0.3) is 5.69 Å². The Balaban J connectivity index is 1.44. The highest BCUT2D eigenvalue weighted by Crippen LogP contribution is 2.52. The topological polar surface area (TPSA) is 121 Å². The number of hydrogen-bond acceptors (Lipinski definition) is 6. The molecule has 1 fully saturated rings. The van der Waals surface area contributed by atoms with Crippen LogP contribution in [0.3, 0.4) is 0 Å². The van der Waals surface area contributed by atoms with Crippen LogP contribution in [0.15, 0.2) is 120 Å². The average molecular weight is 580 g/mol. The van der Waals surface area contributed by atoms with Crippen LogP contribution in [-0.2, 0) is 16.1 Å². The molecule has 0 radical (unpaired) electrons. The lowest BCUT2D eigenvalue weighted by molar-refractivity contribution is -0.384. The lowest BCUT2D eigenvalue weighted by Crippen LogP contribution is -2.38. The van der Waals surface area contributed by atoms with Crippen LogP contribution in [0.25, 0.3) is 10.4 Å². The minimum Gasteiger partial charge on any atom is -0.445 e. The second kappa shape index (κ2) is 13.2. The van der Waals surface area contributed by atoms with Crippen LogP contribution >= 0.6 is 11.8 Å². The zero-order chi connectivity index (χ0) is 29.4. The number of non-ortho nitro benzene ring substituents is 1. The molecule has 2 atom stereocenters. The van der Waals surface area contributed by atoms with Crippen molar-refractivity contribution >= 4 is 23.5 Å². The Hall–Kier alpha value is -4.79. The van der Waals surface area contributed by atoms with Crippen molar-refractivity contribution in [3.8, 4) is 0 Å². The van der Waals surface area contributed by atoms with Gasteiger partial charge < -0.3 is 9.64 Å². The summed E-state index contributed by atoms with van der Waals surface area (Å²) >= 11 is 1.79. The molecular formula is C32H29N5O4S. The average Bonchev–Trinajstić information content (AvgIpc) is 3.45. The number of nitrogens with zero attached hydrogens (tertiary/aromatic N) is 5. The predicted octanol–water partition coefficient (Wildman–Crippen LogP) is 7.71. The third-order valence-corrected chi connectivity index (χ3v) is 9.10. The smallest absolute Gasteiger partial charge is 0.410 e. The third-order valence-electron chi connectivity index (χ3n) is 7.36. The fourth-order valence-corrected chi connectivity index (χ4v) is 7.27. The summed E-state index contributed by atoms with van der Waals surface area (Å²) in [4.78, 5) is 28.4. The number of rotatable bonds is 10. The lowest BCUT2D eigenvalue weighted by Gasteiger charge is -2.37. The van der Waals surface area contributed by atoms with Gasteiger partial charge >= 0.3 is 6.09 Å². The minimum atomic E-state index is -0.559. The maximum atomic E-state index is 13.3. The first kappa shape index (κ1) is 28.7. The van der Waals surface area contributed by atoms with Crippen LogP contribution in [-0.4, -0.2) is 40.3 Å². The second-order valence-corrected chi connectivity index (χ2v) is 11.5. The largest absolute Gasteiger partial charge is 0.445 e. The Morgan fingerprint density at radius 2 is 1.45 bits per heavy atom. The van der Waals surface area contributed by atoms with Gasteiger partial charge in [0.2, 0.25) is 0 Å². The molecule has 0 bridgehead atoms. The molecule has 1 amide bonds. The van der Waals surface area contributed by atoms with Crippen LogP contribution in [0.4, 0.5) is 10.5 Å². The zero-order valence-corrected chi connectivity index (χ0v) is 23.5. The van der Waals surface area contributed by atoms with Crippen molar-refractivity contribution in [2.45, 2.75) is 29.1 Å². The van der Waals surface area contributed by atoms with Crippen LogP contribution in [0, 0.1) is 10.1 Å². The second-order valence-electron chi connectivity index (χ2n) is 9.95. The molecule has 4 aromatic rings. The van der Waals surface area contributed by atoms with Gasteiger partial charge in [-0.05, 0) is 46.3 Å². The van der Waals surface area contributed by atoms with E-state index in [0.717, 1.165) is 16.7 Å². The normalized spacial score (nSPS) is 16.4. The number of carbonyl (C=O) groups is 1. The number of thioether (sulfide) groups is 1. The molecular weight excluding hydrogens is 550 g/mol. The van der Waals surface area contributed by atoms with Gasteiger partial charge in [-0.3, -0.25) is 10.1 Å². The maximum Gasteiger partial charge on any atom is 0.410 e. The van der Waals surface area contributed by atoms with Gasteiger partial charge in [0.05, 0.1) is 9.67 Å². The maximum absolute atomic E-state index is 13.3. The number of nitro benzene ring substituents is 1.